The standard InChI is InChI=1S/C17H15N5O3/c23-16-14-11-18-17(20-8-1-2-9-20)19-15(14)7-10-21(16)12-3-5-13(6-4-12)22(24)25/h3-7,10-11H,1-2,8-9H2. The van der Waals surface area contributed by atoms with Crippen LogP contribution in [0.15, 0.2) is 47.5 Å². The monoisotopic (exact) mass is 337 g/mol. The molecule has 3 aromatic rings. The van der Waals surface area contributed by atoms with E-state index in [9.17, 15) is 14.9 Å². The molecule has 8 nitrogen and oxygen atoms in total. The van der Waals surface area contributed by atoms with Crippen molar-refractivity contribution in [3.8, 4) is 5.69 Å². The first kappa shape index (κ1) is 15.3. The van der Waals surface area contributed by atoms with E-state index in [0.717, 1.165) is 25.9 Å². The van der Waals surface area contributed by atoms with Gasteiger partial charge in [-0.15, -0.1) is 0 Å². The zero-order chi connectivity index (χ0) is 17.4. The van der Waals surface area contributed by atoms with Crippen molar-refractivity contribution in [1.82, 2.24) is 14.5 Å². The Balaban J connectivity index is 1.76. The highest BCUT2D eigenvalue weighted by Gasteiger charge is 2.16. The highest BCUT2D eigenvalue weighted by atomic mass is 16.6. The Morgan fingerprint density at radius 2 is 1.80 bits per heavy atom. The van der Waals surface area contributed by atoms with Crippen LogP contribution in [0.25, 0.3) is 16.6 Å². The lowest BCUT2D eigenvalue weighted by Gasteiger charge is -2.15. The van der Waals surface area contributed by atoms with E-state index >= 15 is 0 Å². The van der Waals surface area contributed by atoms with Crippen LogP contribution in [0.5, 0.6) is 0 Å². The Labute approximate surface area is 142 Å². The number of hydrogen-bond donors (Lipinski definition) is 0. The van der Waals surface area contributed by atoms with Crippen LogP contribution in [-0.2, 0) is 0 Å². The number of nitro groups is 1. The first-order valence-corrected chi connectivity index (χ1v) is 8.02. The summed E-state index contributed by atoms with van der Waals surface area (Å²) in [6.07, 6.45) is 5.44. The lowest BCUT2D eigenvalue weighted by atomic mass is 10.2. The first-order chi connectivity index (χ1) is 12.1. The van der Waals surface area contributed by atoms with Crippen molar-refractivity contribution in [3.05, 3.63) is 63.2 Å². The molecule has 1 saturated heterocycles. The Morgan fingerprint density at radius 3 is 2.48 bits per heavy atom. The number of aromatic nitrogens is 3. The number of non-ortho nitro benzene ring substituents is 1. The quantitative estimate of drug-likeness (QED) is 0.537. The zero-order valence-corrected chi connectivity index (χ0v) is 13.3. The lowest BCUT2D eigenvalue weighted by molar-refractivity contribution is -0.384. The van der Waals surface area contributed by atoms with Gasteiger partial charge in [0.2, 0.25) is 5.95 Å². The molecule has 1 fully saturated rings. The van der Waals surface area contributed by atoms with Crippen molar-refractivity contribution in [2.24, 2.45) is 0 Å². The van der Waals surface area contributed by atoms with E-state index in [-0.39, 0.29) is 11.2 Å². The Hall–Kier alpha value is -3.29. The second-order valence-electron chi connectivity index (χ2n) is 5.93. The zero-order valence-electron chi connectivity index (χ0n) is 13.3. The predicted octanol–water partition coefficient (Wildman–Crippen LogP) is 2.29. The van der Waals surface area contributed by atoms with Gasteiger partial charge >= 0.3 is 0 Å². The second kappa shape index (κ2) is 5.97. The van der Waals surface area contributed by atoms with E-state index in [2.05, 4.69) is 14.9 Å². The minimum Gasteiger partial charge on any atom is -0.341 e. The van der Waals surface area contributed by atoms with Gasteiger partial charge in [-0.3, -0.25) is 19.5 Å². The number of pyridine rings is 1. The molecule has 25 heavy (non-hydrogen) atoms. The van der Waals surface area contributed by atoms with Gasteiger partial charge in [0.1, 0.15) is 0 Å². The Morgan fingerprint density at radius 1 is 1.08 bits per heavy atom. The minimum absolute atomic E-state index is 0.0174. The summed E-state index contributed by atoms with van der Waals surface area (Å²) in [5.74, 6) is 0.650. The number of anilines is 1. The molecule has 0 bridgehead atoms. The van der Waals surface area contributed by atoms with Crippen LogP contribution in [0.1, 0.15) is 12.8 Å². The van der Waals surface area contributed by atoms with E-state index < -0.39 is 4.92 Å². The van der Waals surface area contributed by atoms with Crippen molar-refractivity contribution in [1.29, 1.82) is 0 Å². The molecule has 0 unspecified atom stereocenters. The summed E-state index contributed by atoms with van der Waals surface area (Å²) in [7, 11) is 0. The van der Waals surface area contributed by atoms with E-state index in [0.29, 0.717) is 22.5 Å². The fraction of sp³-hybridized carbons (Fsp3) is 0.235. The minimum atomic E-state index is -0.472. The fourth-order valence-corrected chi connectivity index (χ4v) is 3.03. The van der Waals surface area contributed by atoms with Crippen LogP contribution in [0.4, 0.5) is 11.6 Å². The maximum Gasteiger partial charge on any atom is 0.269 e. The Kier molecular flexibility index (Phi) is 3.64. The summed E-state index contributed by atoms with van der Waals surface area (Å²) in [6.45, 7) is 1.87. The number of benzene rings is 1. The normalized spacial score (nSPS) is 14.2. The molecule has 0 atom stereocenters. The second-order valence-corrected chi connectivity index (χ2v) is 5.93. The summed E-state index contributed by atoms with van der Waals surface area (Å²) in [5, 5.41) is 11.2. The van der Waals surface area contributed by atoms with Crippen LogP contribution in [-0.4, -0.2) is 32.5 Å². The molecule has 3 heterocycles. The van der Waals surface area contributed by atoms with E-state index in [1.807, 2.05) is 0 Å². The van der Waals surface area contributed by atoms with E-state index in [4.69, 9.17) is 0 Å². The Bertz CT molecular complexity index is 1010. The van der Waals surface area contributed by atoms with E-state index in [1.54, 1.807) is 30.6 Å². The van der Waals surface area contributed by atoms with Gasteiger partial charge in [-0.2, -0.15) is 0 Å². The lowest BCUT2D eigenvalue weighted by Crippen LogP contribution is -2.22. The fourth-order valence-electron chi connectivity index (χ4n) is 3.03. The molecule has 1 aliphatic heterocycles. The summed E-state index contributed by atoms with van der Waals surface area (Å²) < 4.78 is 1.44. The molecule has 126 valence electrons. The molecule has 0 spiro atoms. The van der Waals surface area contributed by atoms with Gasteiger partial charge in [-0.05, 0) is 31.0 Å². The summed E-state index contributed by atoms with van der Waals surface area (Å²) in [4.78, 5) is 33.9. The molecule has 1 aromatic carbocycles. The molecule has 2 aromatic heterocycles. The average Bonchev–Trinajstić information content (AvgIpc) is 3.16. The van der Waals surface area contributed by atoms with Gasteiger partial charge < -0.3 is 4.90 Å². The molecular weight excluding hydrogens is 322 g/mol. The molecule has 0 aliphatic carbocycles. The predicted molar refractivity (Wildman–Crippen MR) is 93.2 cm³/mol. The molecule has 0 radical (unpaired) electrons. The molecule has 1 aliphatic rings. The van der Waals surface area contributed by atoms with Crippen LogP contribution < -0.4 is 10.5 Å². The highest BCUT2D eigenvalue weighted by molar-refractivity contribution is 5.78. The average molecular weight is 337 g/mol. The summed E-state index contributed by atoms with van der Waals surface area (Å²) >= 11 is 0. The SMILES string of the molecule is O=c1c2cnc(N3CCCC3)nc2ccn1-c1ccc([N+](=O)[O-])cc1. The maximum absolute atomic E-state index is 12.7. The van der Waals surface area contributed by atoms with Gasteiger partial charge in [-0.25, -0.2) is 9.97 Å². The molecule has 4 rings (SSSR count). The first-order valence-electron chi connectivity index (χ1n) is 8.02. The number of rotatable bonds is 3. The van der Waals surface area contributed by atoms with Crippen LogP contribution in [0, 0.1) is 10.1 Å². The molecule has 0 N–H and O–H groups in total. The maximum atomic E-state index is 12.7. The van der Waals surface area contributed by atoms with Crippen LogP contribution >= 0.6 is 0 Å². The highest BCUT2D eigenvalue weighted by Crippen LogP contribution is 2.19. The van der Waals surface area contributed by atoms with Gasteiger partial charge in [0.15, 0.2) is 0 Å². The number of hydrogen-bond acceptors (Lipinski definition) is 6. The smallest absolute Gasteiger partial charge is 0.269 e. The number of nitrogens with zero attached hydrogens (tertiary/aromatic N) is 5. The molecular formula is C17H15N5O3. The topological polar surface area (TPSA) is 94.2 Å². The third-order valence-corrected chi connectivity index (χ3v) is 4.36. The van der Waals surface area contributed by atoms with Crippen molar-refractivity contribution >= 4 is 22.5 Å². The van der Waals surface area contributed by atoms with Crippen LogP contribution in [0.2, 0.25) is 0 Å². The molecule has 0 saturated carbocycles. The van der Waals surface area contributed by atoms with Gasteiger partial charge in [0.25, 0.3) is 11.2 Å². The van der Waals surface area contributed by atoms with Crippen molar-refractivity contribution in [2.75, 3.05) is 18.0 Å². The summed E-state index contributed by atoms with van der Waals surface area (Å²) in [6, 6.07) is 7.60. The van der Waals surface area contributed by atoms with E-state index in [1.165, 1.54) is 16.7 Å². The van der Waals surface area contributed by atoms with Gasteiger partial charge in [0.05, 0.1) is 15.8 Å². The third-order valence-electron chi connectivity index (χ3n) is 4.36. The van der Waals surface area contributed by atoms with Gasteiger partial charge in [-0.1, -0.05) is 0 Å². The van der Waals surface area contributed by atoms with Crippen LogP contribution in [0.3, 0.4) is 0 Å². The molecule has 0 amide bonds. The number of nitro benzene ring substituents is 1. The van der Waals surface area contributed by atoms with Crippen molar-refractivity contribution in [2.45, 2.75) is 12.8 Å². The third kappa shape index (κ3) is 2.71. The molecule has 8 heteroatoms. The summed E-state index contributed by atoms with van der Waals surface area (Å²) in [5.41, 5.74) is 0.886. The largest absolute Gasteiger partial charge is 0.341 e. The van der Waals surface area contributed by atoms with Gasteiger partial charge in [0, 0.05) is 43.3 Å². The number of fused-ring (bicyclic) bond motifs is 1. The van der Waals surface area contributed by atoms with Crippen molar-refractivity contribution in [3.63, 3.8) is 0 Å². The van der Waals surface area contributed by atoms with Crippen molar-refractivity contribution < 1.29 is 4.92 Å².